The molecular weight excluding hydrogens is 206 g/mol. The summed E-state index contributed by atoms with van der Waals surface area (Å²) in [4.78, 5) is 0. The van der Waals surface area contributed by atoms with Crippen LogP contribution in [0.25, 0.3) is 0 Å². The van der Waals surface area contributed by atoms with E-state index in [-0.39, 0.29) is 0 Å². The summed E-state index contributed by atoms with van der Waals surface area (Å²) in [6.45, 7) is 2.24. The van der Waals surface area contributed by atoms with Gasteiger partial charge >= 0.3 is 0 Å². The molecule has 2 heteroatoms. The van der Waals surface area contributed by atoms with E-state index in [1.54, 1.807) is 0 Å². The minimum absolute atomic E-state index is 0.523. The third-order valence-corrected chi connectivity index (χ3v) is 3.48. The van der Waals surface area contributed by atoms with Crippen LogP contribution in [0.5, 0.6) is 0 Å². The Labute approximate surface area is 96.8 Å². The topological polar surface area (TPSA) is 12.0 Å². The smallest absolute Gasteiger partial charge is 0.0438 e. The van der Waals surface area contributed by atoms with Gasteiger partial charge in [0, 0.05) is 17.1 Å². The highest BCUT2D eigenvalue weighted by Crippen LogP contribution is 2.21. The zero-order chi connectivity index (χ0) is 10.7. The molecule has 15 heavy (non-hydrogen) atoms. The largest absolute Gasteiger partial charge is 0.311 e. The summed E-state index contributed by atoms with van der Waals surface area (Å²) in [6.07, 6.45) is 5.09. The molecule has 0 saturated heterocycles. The van der Waals surface area contributed by atoms with E-state index < -0.39 is 0 Å². The van der Waals surface area contributed by atoms with E-state index in [1.165, 1.54) is 24.8 Å². The van der Waals surface area contributed by atoms with Gasteiger partial charge in [0.15, 0.2) is 0 Å². The molecule has 1 unspecified atom stereocenters. The number of benzene rings is 1. The van der Waals surface area contributed by atoms with Crippen molar-refractivity contribution in [2.24, 2.45) is 0 Å². The minimum atomic E-state index is 0.523. The molecule has 82 valence electrons. The zero-order valence-corrected chi connectivity index (χ0v) is 9.93. The number of rotatable bonds is 4. The van der Waals surface area contributed by atoms with Gasteiger partial charge in [0.1, 0.15) is 0 Å². The van der Waals surface area contributed by atoms with Crippen LogP contribution in [-0.2, 0) is 6.42 Å². The van der Waals surface area contributed by atoms with Crippen LogP contribution in [0.3, 0.4) is 0 Å². The molecule has 2 rings (SSSR count). The Hall–Kier alpha value is -0.530. The second-order valence-corrected chi connectivity index (χ2v) is 4.90. The van der Waals surface area contributed by atoms with E-state index in [9.17, 15) is 0 Å². The van der Waals surface area contributed by atoms with Gasteiger partial charge in [-0.2, -0.15) is 0 Å². The second kappa shape index (κ2) is 5.00. The van der Waals surface area contributed by atoms with Crippen molar-refractivity contribution in [3.63, 3.8) is 0 Å². The molecular formula is C13H18ClN. The predicted molar refractivity (Wildman–Crippen MR) is 65.4 cm³/mol. The predicted octanol–water partition coefficient (Wildman–Crippen LogP) is 3.41. The SMILES string of the molecule is CC(Cc1ccccc1Cl)NC1CCC1. The Bertz CT molecular complexity index is 320. The number of hydrogen-bond donors (Lipinski definition) is 1. The third kappa shape index (κ3) is 2.96. The van der Waals surface area contributed by atoms with Crippen molar-refractivity contribution in [1.29, 1.82) is 0 Å². The molecule has 1 aromatic rings. The summed E-state index contributed by atoms with van der Waals surface area (Å²) in [5, 5.41) is 4.52. The van der Waals surface area contributed by atoms with Crippen molar-refractivity contribution < 1.29 is 0 Å². The maximum atomic E-state index is 6.12. The van der Waals surface area contributed by atoms with Crippen LogP contribution in [0, 0.1) is 0 Å². The van der Waals surface area contributed by atoms with Gasteiger partial charge in [-0.15, -0.1) is 0 Å². The van der Waals surface area contributed by atoms with Gasteiger partial charge < -0.3 is 5.32 Å². The van der Waals surface area contributed by atoms with E-state index >= 15 is 0 Å². The quantitative estimate of drug-likeness (QED) is 0.825. The molecule has 0 aromatic heterocycles. The molecule has 1 aliphatic carbocycles. The van der Waals surface area contributed by atoms with Crippen molar-refractivity contribution in [2.75, 3.05) is 0 Å². The highest BCUT2D eigenvalue weighted by atomic mass is 35.5. The molecule has 0 amide bonds. The van der Waals surface area contributed by atoms with Crippen molar-refractivity contribution in [1.82, 2.24) is 5.32 Å². The molecule has 1 aliphatic rings. The molecule has 1 atom stereocenters. The van der Waals surface area contributed by atoms with Crippen LogP contribution in [0.1, 0.15) is 31.7 Å². The zero-order valence-electron chi connectivity index (χ0n) is 9.17. The number of halogens is 1. The average molecular weight is 224 g/mol. The van der Waals surface area contributed by atoms with Gasteiger partial charge in [0.2, 0.25) is 0 Å². The summed E-state index contributed by atoms with van der Waals surface area (Å²) >= 11 is 6.12. The molecule has 0 aliphatic heterocycles. The first-order valence-electron chi connectivity index (χ1n) is 5.75. The van der Waals surface area contributed by atoms with Crippen molar-refractivity contribution >= 4 is 11.6 Å². The first-order chi connectivity index (χ1) is 7.25. The Morgan fingerprint density at radius 1 is 1.40 bits per heavy atom. The molecule has 0 heterocycles. The summed E-state index contributed by atoms with van der Waals surface area (Å²) in [5.41, 5.74) is 1.25. The highest BCUT2D eigenvalue weighted by molar-refractivity contribution is 6.31. The first-order valence-corrected chi connectivity index (χ1v) is 6.13. The van der Waals surface area contributed by atoms with Crippen LogP contribution in [-0.4, -0.2) is 12.1 Å². The molecule has 0 radical (unpaired) electrons. The normalized spacial score (nSPS) is 18.5. The lowest BCUT2D eigenvalue weighted by Gasteiger charge is -2.30. The Balaban J connectivity index is 1.87. The lowest BCUT2D eigenvalue weighted by Crippen LogP contribution is -2.41. The summed E-state index contributed by atoms with van der Waals surface area (Å²) < 4.78 is 0. The van der Waals surface area contributed by atoms with Crippen LogP contribution in [0.4, 0.5) is 0 Å². The number of nitrogens with one attached hydrogen (secondary N) is 1. The van der Waals surface area contributed by atoms with E-state index in [2.05, 4.69) is 24.4 Å². The molecule has 1 fully saturated rings. The lowest BCUT2D eigenvalue weighted by atomic mass is 9.92. The van der Waals surface area contributed by atoms with E-state index in [4.69, 9.17) is 11.6 Å². The van der Waals surface area contributed by atoms with Gasteiger partial charge in [-0.3, -0.25) is 0 Å². The fraction of sp³-hybridized carbons (Fsp3) is 0.538. The van der Waals surface area contributed by atoms with Gasteiger partial charge in [-0.25, -0.2) is 0 Å². The van der Waals surface area contributed by atoms with Crippen LogP contribution in [0.15, 0.2) is 24.3 Å². The minimum Gasteiger partial charge on any atom is -0.311 e. The Morgan fingerprint density at radius 3 is 2.73 bits per heavy atom. The molecule has 1 aromatic carbocycles. The highest BCUT2D eigenvalue weighted by Gasteiger charge is 2.19. The molecule has 0 spiro atoms. The van der Waals surface area contributed by atoms with Crippen LogP contribution >= 0.6 is 11.6 Å². The third-order valence-electron chi connectivity index (χ3n) is 3.11. The molecule has 1 N–H and O–H groups in total. The van der Waals surface area contributed by atoms with Crippen LogP contribution in [0.2, 0.25) is 5.02 Å². The van der Waals surface area contributed by atoms with Gasteiger partial charge in [-0.05, 0) is 37.8 Å². The van der Waals surface area contributed by atoms with Crippen molar-refractivity contribution in [3.8, 4) is 0 Å². The van der Waals surface area contributed by atoms with Crippen LogP contribution < -0.4 is 5.32 Å². The second-order valence-electron chi connectivity index (χ2n) is 4.49. The fourth-order valence-electron chi connectivity index (χ4n) is 2.03. The molecule has 0 bridgehead atoms. The maximum Gasteiger partial charge on any atom is 0.0438 e. The Kier molecular flexibility index (Phi) is 3.66. The summed E-state index contributed by atoms with van der Waals surface area (Å²) in [6, 6.07) is 9.39. The lowest BCUT2D eigenvalue weighted by molar-refractivity contribution is 0.310. The standard InChI is InChI=1S/C13H18ClN/c1-10(15-12-6-4-7-12)9-11-5-2-3-8-13(11)14/h2-3,5,8,10,12,15H,4,6-7,9H2,1H3. The molecule has 1 nitrogen and oxygen atoms in total. The Morgan fingerprint density at radius 2 is 2.13 bits per heavy atom. The number of hydrogen-bond acceptors (Lipinski definition) is 1. The first kappa shape index (κ1) is 11.0. The van der Waals surface area contributed by atoms with E-state index in [0.29, 0.717) is 6.04 Å². The van der Waals surface area contributed by atoms with Crippen molar-refractivity contribution in [3.05, 3.63) is 34.9 Å². The fourth-order valence-corrected chi connectivity index (χ4v) is 2.24. The average Bonchev–Trinajstić information content (AvgIpc) is 2.16. The monoisotopic (exact) mass is 223 g/mol. The van der Waals surface area contributed by atoms with E-state index in [1.807, 2.05) is 12.1 Å². The summed E-state index contributed by atoms with van der Waals surface area (Å²) in [7, 11) is 0. The maximum absolute atomic E-state index is 6.12. The molecule has 1 saturated carbocycles. The van der Waals surface area contributed by atoms with Gasteiger partial charge in [0.25, 0.3) is 0 Å². The van der Waals surface area contributed by atoms with Crippen molar-refractivity contribution in [2.45, 2.75) is 44.7 Å². The van der Waals surface area contributed by atoms with Gasteiger partial charge in [0.05, 0.1) is 0 Å². The van der Waals surface area contributed by atoms with Gasteiger partial charge in [-0.1, -0.05) is 36.2 Å². The summed E-state index contributed by atoms with van der Waals surface area (Å²) in [5.74, 6) is 0. The van der Waals surface area contributed by atoms with E-state index in [0.717, 1.165) is 17.5 Å².